The van der Waals surface area contributed by atoms with Crippen LogP contribution in [0.3, 0.4) is 0 Å². The molecule has 0 aromatic heterocycles. The smallest absolute Gasteiger partial charge is 0.293 e. The molecule has 1 heterocycles. The minimum Gasteiger partial charge on any atom is -0.375 e. The minimum atomic E-state index is -0.369. The summed E-state index contributed by atoms with van der Waals surface area (Å²) >= 11 is 4.61. The molecule has 0 spiro atoms. The molecule has 0 atom stereocenters. The van der Waals surface area contributed by atoms with Crippen LogP contribution in [0.25, 0.3) is 0 Å². The van der Waals surface area contributed by atoms with E-state index in [1.807, 2.05) is 4.90 Å². The molecule has 1 fully saturated rings. The van der Waals surface area contributed by atoms with Crippen LogP contribution in [0.5, 0.6) is 0 Å². The molecule has 7 nitrogen and oxygen atoms in total. The zero-order chi connectivity index (χ0) is 14.5. The van der Waals surface area contributed by atoms with Crippen molar-refractivity contribution in [3.05, 3.63) is 33.9 Å². The highest BCUT2D eigenvalue weighted by Gasteiger charge is 2.22. The number of benzene rings is 1. The highest BCUT2D eigenvalue weighted by atomic mass is 32.1. The maximum atomic E-state index is 11.2. The van der Waals surface area contributed by atoms with Crippen molar-refractivity contribution in [1.29, 1.82) is 0 Å². The Morgan fingerprint density at radius 2 is 2.20 bits per heavy atom. The monoisotopic (exact) mass is 293 g/mol. The quantitative estimate of drug-likeness (QED) is 0.376. The van der Waals surface area contributed by atoms with Crippen LogP contribution in [0.1, 0.15) is 18.4 Å². The molecule has 0 radical (unpaired) electrons. The molecule has 8 heteroatoms. The second kappa shape index (κ2) is 6.29. The van der Waals surface area contributed by atoms with E-state index in [4.69, 9.17) is 5.73 Å². The van der Waals surface area contributed by atoms with Crippen molar-refractivity contribution in [1.82, 2.24) is 5.43 Å². The molecular formula is C12H15N5O2S. The molecular weight excluding hydrogens is 278 g/mol. The van der Waals surface area contributed by atoms with Crippen molar-refractivity contribution in [2.24, 2.45) is 10.8 Å². The van der Waals surface area contributed by atoms with Gasteiger partial charge in [-0.15, -0.1) is 0 Å². The van der Waals surface area contributed by atoms with Crippen LogP contribution in [0.15, 0.2) is 23.3 Å². The number of hydrazone groups is 1. The van der Waals surface area contributed by atoms with Crippen LogP contribution in [-0.4, -0.2) is 29.3 Å². The molecule has 3 N–H and O–H groups in total. The van der Waals surface area contributed by atoms with Gasteiger partial charge in [0.05, 0.1) is 11.1 Å². The Morgan fingerprint density at radius 3 is 2.80 bits per heavy atom. The lowest BCUT2D eigenvalue weighted by atomic mass is 10.1. The molecule has 1 saturated heterocycles. The Hall–Kier alpha value is -2.22. The summed E-state index contributed by atoms with van der Waals surface area (Å²) in [6, 6.07) is 5.04. The molecule has 0 unspecified atom stereocenters. The van der Waals surface area contributed by atoms with Crippen LogP contribution in [-0.2, 0) is 0 Å². The second-order valence-electron chi connectivity index (χ2n) is 4.43. The number of nitrogens with two attached hydrogens (primary N) is 1. The lowest BCUT2D eigenvalue weighted by Crippen LogP contribution is -2.24. The summed E-state index contributed by atoms with van der Waals surface area (Å²) in [4.78, 5) is 12.9. The van der Waals surface area contributed by atoms with Gasteiger partial charge in [0.25, 0.3) is 5.69 Å². The first-order valence-corrected chi connectivity index (χ1v) is 6.60. The van der Waals surface area contributed by atoms with Gasteiger partial charge in [-0.05, 0) is 31.1 Å². The Morgan fingerprint density at radius 1 is 1.50 bits per heavy atom. The van der Waals surface area contributed by atoms with Gasteiger partial charge in [0.2, 0.25) is 0 Å². The van der Waals surface area contributed by atoms with Crippen LogP contribution in [0, 0.1) is 10.1 Å². The predicted molar refractivity (Wildman–Crippen MR) is 82.1 cm³/mol. The van der Waals surface area contributed by atoms with Gasteiger partial charge in [0.1, 0.15) is 5.69 Å². The van der Waals surface area contributed by atoms with Crippen molar-refractivity contribution < 1.29 is 4.92 Å². The van der Waals surface area contributed by atoms with E-state index in [1.54, 1.807) is 12.1 Å². The molecule has 20 heavy (non-hydrogen) atoms. The average Bonchev–Trinajstić information content (AvgIpc) is 2.92. The zero-order valence-corrected chi connectivity index (χ0v) is 11.6. The second-order valence-corrected chi connectivity index (χ2v) is 4.87. The maximum Gasteiger partial charge on any atom is 0.293 e. The van der Waals surface area contributed by atoms with Crippen molar-refractivity contribution in [2.75, 3.05) is 18.0 Å². The number of hydrogen-bond donors (Lipinski definition) is 2. The van der Waals surface area contributed by atoms with Crippen molar-refractivity contribution >= 4 is 34.9 Å². The fourth-order valence-corrected chi connectivity index (χ4v) is 2.22. The molecule has 106 valence electrons. The van der Waals surface area contributed by atoms with E-state index in [0.717, 1.165) is 25.9 Å². The summed E-state index contributed by atoms with van der Waals surface area (Å²) < 4.78 is 0. The van der Waals surface area contributed by atoms with Gasteiger partial charge >= 0.3 is 0 Å². The summed E-state index contributed by atoms with van der Waals surface area (Å²) in [7, 11) is 0. The number of nitro groups is 1. The Kier molecular flexibility index (Phi) is 4.46. The molecule has 2 rings (SSSR count). The summed E-state index contributed by atoms with van der Waals surface area (Å²) in [5.41, 5.74) is 9.01. The fraction of sp³-hybridized carbons (Fsp3) is 0.333. The highest BCUT2D eigenvalue weighted by Crippen LogP contribution is 2.31. The van der Waals surface area contributed by atoms with Gasteiger partial charge in [-0.1, -0.05) is 6.07 Å². The number of nitro benzene ring substituents is 1. The molecule has 1 aromatic carbocycles. The summed E-state index contributed by atoms with van der Waals surface area (Å²) in [6.07, 6.45) is 3.58. The number of rotatable bonds is 4. The van der Waals surface area contributed by atoms with Gasteiger partial charge in [-0.3, -0.25) is 15.5 Å². The number of nitrogens with one attached hydrogen (secondary N) is 1. The first-order chi connectivity index (χ1) is 9.58. The van der Waals surface area contributed by atoms with E-state index in [1.165, 1.54) is 12.3 Å². The molecule has 0 amide bonds. The van der Waals surface area contributed by atoms with Crippen LogP contribution >= 0.6 is 12.2 Å². The van der Waals surface area contributed by atoms with Gasteiger partial charge in [0.15, 0.2) is 5.11 Å². The molecule has 1 aliphatic rings. The molecule has 0 saturated carbocycles. The fourth-order valence-electron chi connectivity index (χ4n) is 2.16. The number of anilines is 1. The van der Waals surface area contributed by atoms with E-state index >= 15 is 0 Å². The van der Waals surface area contributed by atoms with Crippen molar-refractivity contribution in [2.45, 2.75) is 12.8 Å². The summed E-state index contributed by atoms with van der Waals surface area (Å²) in [5.74, 6) is 0. The van der Waals surface area contributed by atoms with Gasteiger partial charge in [0, 0.05) is 24.7 Å². The minimum absolute atomic E-state index is 0.0458. The predicted octanol–water partition coefficient (Wildman–Crippen LogP) is 1.36. The normalized spacial score (nSPS) is 14.7. The molecule has 0 aliphatic carbocycles. The standard InChI is InChI=1S/C12H15N5O2S/c13-12(20)15-14-8-9-3-4-10(11(7-9)17(18)19)16-5-1-2-6-16/h3-4,7-8H,1-2,5-6H2,(H3,13,15,20). The van der Waals surface area contributed by atoms with E-state index in [2.05, 4.69) is 22.7 Å². The third-order valence-electron chi connectivity index (χ3n) is 3.03. The summed E-state index contributed by atoms with van der Waals surface area (Å²) in [6.45, 7) is 1.72. The van der Waals surface area contributed by atoms with Crippen LogP contribution < -0.4 is 16.1 Å². The number of thiocarbonyl (C=S) groups is 1. The van der Waals surface area contributed by atoms with E-state index in [9.17, 15) is 10.1 Å². The highest BCUT2D eigenvalue weighted by molar-refractivity contribution is 7.80. The number of nitrogens with zero attached hydrogens (tertiary/aromatic N) is 3. The van der Waals surface area contributed by atoms with Crippen molar-refractivity contribution in [3.63, 3.8) is 0 Å². The SMILES string of the molecule is NC(=S)NN=Cc1ccc(N2CCCC2)c([N+](=O)[O-])c1. The largest absolute Gasteiger partial charge is 0.375 e. The van der Waals surface area contributed by atoms with Gasteiger partial charge in [-0.25, -0.2) is 0 Å². The lowest BCUT2D eigenvalue weighted by Gasteiger charge is -2.17. The lowest BCUT2D eigenvalue weighted by molar-refractivity contribution is -0.384. The Labute approximate surface area is 121 Å². The zero-order valence-electron chi connectivity index (χ0n) is 10.8. The van der Waals surface area contributed by atoms with E-state index in [-0.39, 0.29) is 15.7 Å². The van der Waals surface area contributed by atoms with Crippen LogP contribution in [0.4, 0.5) is 11.4 Å². The Bertz CT molecular complexity index is 555. The third kappa shape index (κ3) is 3.41. The molecule has 1 aromatic rings. The average molecular weight is 293 g/mol. The van der Waals surface area contributed by atoms with Gasteiger partial charge in [-0.2, -0.15) is 5.10 Å². The number of hydrogen-bond acceptors (Lipinski definition) is 5. The first-order valence-electron chi connectivity index (χ1n) is 6.20. The molecule has 1 aliphatic heterocycles. The third-order valence-corrected chi connectivity index (χ3v) is 3.12. The summed E-state index contributed by atoms with van der Waals surface area (Å²) in [5, 5.41) is 15.0. The van der Waals surface area contributed by atoms with Crippen molar-refractivity contribution in [3.8, 4) is 0 Å². The Balaban J connectivity index is 2.25. The van der Waals surface area contributed by atoms with E-state index < -0.39 is 0 Å². The van der Waals surface area contributed by atoms with Crippen LogP contribution in [0.2, 0.25) is 0 Å². The van der Waals surface area contributed by atoms with Gasteiger partial charge < -0.3 is 10.6 Å². The first kappa shape index (κ1) is 14.2. The topological polar surface area (TPSA) is 96.8 Å². The maximum absolute atomic E-state index is 11.2. The van der Waals surface area contributed by atoms with E-state index in [0.29, 0.717) is 11.3 Å². The molecule has 0 bridgehead atoms.